The lowest BCUT2D eigenvalue weighted by atomic mass is 9.98. The van der Waals surface area contributed by atoms with Gasteiger partial charge in [0.1, 0.15) is 12.1 Å². The van der Waals surface area contributed by atoms with E-state index >= 15 is 0 Å². The van der Waals surface area contributed by atoms with E-state index in [1.807, 2.05) is 6.92 Å². The third kappa shape index (κ3) is 2.65. The van der Waals surface area contributed by atoms with Gasteiger partial charge in [0, 0.05) is 5.92 Å². The van der Waals surface area contributed by atoms with Crippen molar-refractivity contribution in [3.8, 4) is 0 Å². The molecule has 0 spiro atoms. The summed E-state index contributed by atoms with van der Waals surface area (Å²) in [6, 6.07) is 6.59. The monoisotopic (exact) mass is 180 g/mol. The summed E-state index contributed by atoms with van der Waals surface area (Å²) in [5.74, 6) is -0.278. The van der Waals surface area contributed by atoms with E-state index in [-0.39, 0.29) is 11.7 Å². The maximum atomic E-state index is 13.1. The Balaban J connectivity index is 2.73. The number of benzene rings is 1. The SMILES string of the molecule is CCC(C=O)Cc1ccccc1F. The van der Waals surface area contributed by atoms with E-state index in [9.17, 15) is 9.18 Å². The largest absolute Gasteiger partial charge is 0.303 e. The highest BCUT2D eigenvalue weighted by atomic mass is 19.1. The first kappa shape index (κ1) is 9.90. The van der Waals surface area contributed by atoms with Crippen LogP contribution in [0.4, 0.5) is 4.39 Å². The molecule has 1 nitrogen and oxygen atoms in total. The van der Waals surface area contributed by atoms with Crippen molar-refractivity contribution in [1.82, 2.24) is 0 Å². The van der Waals surface area contributed by atoms with Crippen molar-refractivity contribution in [3.05, 3.63) is 35.6 Å². The van der Waals surface area contributed by atoms with E-state index in [0.717, 1.165) is 12.7 Å². The second kappa shape index (κ2) is 4.75. The predicted molar refractivity (Wildman–Crippen MR) is 49.9 cm³/mol. The molecule has 1 rings (SSSR count). The molecule has 0 fully saturated rings. The second-order valence-corrected chi connectivity index (χ2v) is 3.10. The van der Waals surface area contributed by atoms with E-state index in [0.29, 0.717) is 12.0 Å². The molecule has 0 N–H and O–H groups in total. The molecule has 0 aromatic heterocycles. The van der Waals surface area contributed by atoms with E-state index in [2.05, 4.69) is 0 Å². The van der Waals surface area contributed by atoms with Crippen molar-refractivity contribution in [2.45, 2.75) is 19.8 Å². The lowest BCUT2D eigenvalue weighted by Crippen LogP contribution is -2.05. The first-order chi connectivity index (χ1) is 6.27. The van der Waals surface area contributed by atoms with Crippen molar-refractivity contribution in [2.24, 2.45) is 5.92 Å². The quantitative estimate of drug-likeness (QED) is 0.651. The standard InChI is InChI=1S/C11H13FO/c1-2-9(8-13)7-10-5-3-4-6-11(10)12/h3-6,8-9H,2,7H2,1H3. The molecule has 0 amide bonds. The van der Waals surface area contributed by atoms with Crippen LogP contribution in [0.1, 0.15) is 18.9 Å². The van der Waals surface area contributed by atoms with E-state index in [1.54, 1.807) is 18.2 Å². The normalized spacial score (nSPS) is 12.5. The zero-order valence-corrected chi connectivity index (χ0v) is 7.66. The summed E-state index contributed by atoms with van der Waals surface area (Å²) < 4.78 is 13.1. The molecule has 0 saturated carbocycles. The van der Waals surface area contributed by atoms with Gasteiger partial charge >= 0.3 is 0 Å². The zero-order chi connectivity index (χ0) is 9.68. The maximum absolute atomic E-state index is 13.1. The predicted octanol–water partition coefficient (Wildman–Crippen LogP) is 2.59. The fraction of sp³-hybridized carbons (Fsp3) is 0.364. The first-order valence-corrected chi connectivity index (χ1v) is 4.46. The molecule has 0 radical (unpaired) electrons. The van der Waals surface area contributed by atoms with Crippen LogP contribution in [0.25, 0.3) is 0 Å². The van der Waals surface area contributed by atoms with Crippen LogP contribution in [0.3, 0.4) is 0 Å². The van der Waals surface area contributed by atoms with E-state index < -0.39 is 0 Å². The van der Waals surface area contributed by atoms with Crippen molar-refractivity contribution in [3.63, 3.8) is 0 Å². The summed E-state index contributed by atoms with van der Waals surface area (Å²) in [7, 11) is 0. The Hall–Kier alpha value is -1.18. The minimum Gasteiger partial charge on any atom is -0.303 e. The van der Waals surface area contributed by atoms with Gasteiger partial charge in [0.2, 0.25) is 0 Å². The van der Waals surface area contributed by atoms with Gasteiger partial charge in [0.25, 0.3) is 0 Å². The van der Waals surface area contributed by atoms with E-state index in [1.165, 1.54) is 6.07 Å². The third-order valence-corrected chi connectivity index (χ3v) is 2.16. The van der Waals surface area contributed by atoms with Crippen LogP contribution < -0.4 is 0 Å². The molecule has 1 unspecified atom stereocenters. The Labute approximate surface area is 77.6 Å². The van der Waals surface area contributed by atoms with Crippen LogP contribution in [0, 0.1) is 11.7 Å². The number of aldehydes is 1. The van der Waals surface area contributed by atoms with Gasteiger partial charge < -0.3 is 4.79 Å². The number of carbonyl (C=O) groups excluding carboxylic acids is 1. The van der Waals surface area contributed by atoms with Crippen LogP contribution in [0.5, 0.6) is 0 Å². The highest BCUT2D eigenvalue weighted by Gasteiger charge is 2.08. The topological polar surface area (TPSA) is 17.1 Å². The van der Waals surface area contributed by atoms with Crippen LogP contribution >= 0.6 is 0 Å². The Bertz CT molecular complexity index is 283. The Morgan fingerprint density at radius 3 is 2.69 bits per heavy atom. The number of halogens is 1. The second-order valence-electron chi connectivity index (χ2n) is 3.10. The van der Waals surface area contributed by atoms with Crippen molar-refractivity contribution < 1.29 is 9.18 Å². The molecule has 0 aliphatic rings. The zero-order valence-electron chi connectivity index (χ0n) is 7.66. The molecule has 70 valence electrons. The summed E-state index contributed by atoms with van der Waals surface area (Å²) in [6.45, 7) is 1.93. The number of rotatable bonds is 4. The molecule has 0 aliphatic carbocycles. The molecular weight excluding hydrogens is 167 g/mol. The minimum atomic E-state index is -0.220. The fourth-order valence-corrected chi connectivity index (χ4v) is 1.24. The molecule has 0 saturated heterocycles. The fourth-order valence-electron chi connectivity index (χ4n) is 1.24. The van der Waals surface area contributed by atoms with Crippen LogP contribution in [-0.2, 0) is 11.2 Å². The molecule has 0 heterocycles. The summed E-state index contributed by atoms with van der Waals surface area (Å²) in [5.41, 5.74) is 0.626. The summed E-state index contributed by atoms with van der Waals surface area (Å²) in [4.78, 5) is 10.5. The summed E-state index contributed by atoms with van der Waals surface area (Å²) in [6.07, 6.45) is 2.16. The molecule has 2 heteroatoms. The van der Waals surface area contributed by atoms with E-state index in [4.69, 9.17) is 0 Å². The number of hydrogen-bond donors (Lipinski definition) is 0. The third-order valence-electron chi connectivity index (χ3n) is 2.16. The summed E-state index contributed by atoms with van der Waals surface area (Å²) >= 11 is 0. The van der Waals surface area contributed by atoms with Gasteiger partial charge in [-0.2, -0.15) is 0 Å². The lowest BCUT2D eigenvalue weighted by molar-refractivity contribution is -0.111. The van der Waals surface area contributed by atoms with Crippen molar-refractivity contribution in [1.29, 1.82) is 0 Å². The Morgan fingerprint density at radius 2 is 2.15 bits per heavy atom. The van der Waals surface area contributed by atoms with Crippen LogP contribution in [-0.4, -0.2) is 6.29 Å². The van der Waals surface area contributed by atoms with Gasteiger partial charge in [-0.25, -0.2) is 4.39 Å². The molecule has 0 bridgehead atoms. The highest BCUT2D eigenvalue weighted by Crippen LogP contribution is 2.13. The average Bonchev–Trinajstić information content (AvgIpc) is 2.17. The van der Waals surface area contributed by atoms with Gasteiger partial charge in [-0.15, -0.1) is 0 Å². The van der Waals surface area contributed by atoms with Gasteiger partial charge in [-0.05, 0) is 24.5 Å². The molecule has 13 heavy (non-hydrogen) atoms. The van der Waals surface area contributed by atoms with Gasteiger partial charge in [-0.3, -0.25) is 0 Å². The van der Waals surface area contributed by atoms with Crippen LogP contribution in [0.2, 0.25) is 0 Å². The minimum absolute atomic E-state index is 0.0584. The summed E-state index contributed by atoms with van der Waals surface area (Å²) in [5, 5.41) is 0. The smallest absolute Gasteiger partial charge is 0.126 e. The molecule has 1 aromatic rings. The molecule has 1 aromatic carbocycles. The van der Waals surface area contributed by atoms with Crippen molar-refractivity contribution in [2.75, 3.05) is 0 Å². The lowest BCUT2D eigenvalue weighted by Gasteiger charge is -2.07. The first-order valence-electron chi connectivity index (χ1n) is 4.46. The van der Waals surface area contributed by atoms with Gasteiger partial charge in [0.15, 0.2) is 0 Å². The van der Waals surface area contributed by atoms with Gasteiger partial charge in [-0.1, -0.05) is 25.1 Å². The molecule has 0 aliphatic heterocycles. The number of carbonyl (C=O) groups is 1. The Kier molecular flexibility index (Phi) is 3.62. The average molecular weight is 180 g/mol. The highest BCUT2D eigenvalue weighted by molar-refractivity contribution is 5.54. The van der Waals surface area contributed by atoms with Crippen LogP contribution in [0.15, 0.2) is 24.3 Å². The van der Waals surface area contributed by atoms with Gasteiger partial charge in [0.05, 0.1) is 0 Å². The van der Waals surface area contributed by atoms with Crippen molar-refractivity contribution >= 4 is 6.29 Å². The Morgan fingerprint density at radius 1 is 1.46 bits per heavy atom. The number of hydrogen-bond acceptors (Lipinski definition) is 1. The molecular formula is C11H13FO. The molecule has 1 atom stereocenters. The maximum Gasteiger partial charge on any atom is 0.126 e.